The zero-order chi connectivity index (χ0) is 31.3. The summed E-state index contributed by atoms with van der Waals surface area (Å²) in [5.41, 5.74) is 11.6. The Morgan fingerprint density at radius 2 is 1.19 bits per heavy atom. The van der Waals surface area contributed by atoms with Gasteiger partial charge < -0.3 is 4.57 Å². The number of imidazole rings is 1. The second kappa shape index (κ2) is 11.0. The van der Waals surface area contributed by atoms with E-state index in [1.165, 1.54) is 0 Å². The highest BCUT2D eigenvalue weighted by atomic mass is 15.1. The highest BCUT2D eigenvalue weighted by Gasteiger charge is 2.17. The molecule has 0 atom stereocenters. The number of hydrogen-bond donors (Lipinski definition) is 0. The summed E-state index contributed by atoms with van der Waals surface area (Å²) in [6, 6.07) is 53.3. The van der Waals surface area contributed by atoms with E-state index >= 15 is 0 Å². The molecule has 0 saturated carbocycles. The van der Waals surface area contributed by atoms with Crippen molar-refractivity contribution in [3.63, 3.8) is 0 Å². The van der Waals surface area contributed by atoms with Crippen LogP contribution in [-0.4, -0.2) is 19.5 Å². The van der Waals surface area contributed by atoms with Crippen molar-refractivity contribution in [2.45, 2.75) is 13.5 Å². The Labute approximate surface area is 272 Å². The number of pyridine rings is 2. The zero-order valence-corrected chi connectivity index (χ0v) is 25.9. The summed E-state index contributed by atoms with van der Waals surface area (Å²) in [5.74, 6) is 0.989. The van der Waals surface area contributed by atoms with E-state index < -0.39 is 0 Å². The highest BCUT2D eigenvalue weighted by molar-refractivity contribution is 6.20. The van der Waals surface area contributed by atoms with Crippen LogP contribution in [0.1, 0.15) is 6.92 Å². The van der Waals surface area contributed by atoms with Gasteiger partial charge in [0.05, 0.1) is 33.5 Å². The fourth-order valence-electron chi connectivity index (χ4n) is 6.89. The number of fused-ring (bicyclic) bond motifs is 6. The molecule has 0 amide bonds. The first-order valence-electron chi connectivity index (χ1n) is 16.1. The Bertz CT molecular complexity index is 2600. The Kier molecular flexibility index (Phi) is 6.39. The molecule has 0 unspecified atom stereocenters. The molecule has 4 heteroatoms. The maximum Gasteiger partial charge on any atom is 0.141 e. The average molecular weight is 603 g/mol. The van der Waals surface area contributed by atoms with E-state index in [4.69, 9.17) is 15.0 Å². The van der Waals surface area contributed by atoms with Crippen molar-refractivity contribution in [3.05, 3.63) is 152 Å². The summed E-state index contributed by atoms with van der Waals surface area (Å²) >= 11 is 0. The van der Waals surface area contributed by atoms with E-state index in [0.29, 0.717) is 0 Å². The Morgan fingerprint density at radius 3 is 2.02 bits per heavy atom. The molecule has 0 fully saturated rings. The van der Waals surface area contributed by atoms with Crippen LogP contribution >= 0.6 is 0 Å². The molecular formula is C43H30N4. The molecule has 6 aromatic carbocycles. The monoisotopic (exact) mass is 602 g/mol. The maximum atomic E-state index is 5.32. The SMILES string of the molecule is CCn1c(-c2cccc(-c3ccc4nc(-c5ccccc5)c5c(ccc6ccc(-c7ccccc7)nc65)c4c3)c2)nc2ccccc21. The van der Waals surface area contributed by atoms with E-state index in [1.807, 2.05) is 18.2 Å². The van der Waals surface area contributed by atoms with Gasteiger partial charge in [-0.1, -0.05) is 115 Å². The minimum absolute atomic E-state index is 0.853. The van der Waals surface area contributed by atoms with Crippen LogP contribution in [0.2, 0.25) is 0 Å². The minimum Gasteiger partial charge on any atom is -0.324 e. The van der Waals surface area contributed by atoms with Gasteiger partial charge in [0.25, 0.3) is 0 Å². The molecule has 4 nitrogen and oxygen atoms in total. The standard InChI is InChI=1S/C43H30N4/c1-2-47-39-19-10-9-18-38(39)46-43(47)33-17-11-16-31(26-33)32-22-25-37-35(27-32)34-23-20-30-21-24-36(28-12-5-3-6-13-28)44-42(30)40(34)41(45-37)29-14-7-4-8-15-29/h3-27H,2H2,1H3. The molecule has 9 rings (SSSR count). The minimum atomic E-state index is 0.853. The van der Waals surface area contributed by atoms with Crippen molar-refractivity contribution in [2.24, 2.45) is 0 Å². The van der Waals surface area contributed by atoms with Crippen LogP contribution in [0.25, 0.3) is 88.6 Å². The van der Waals surface area contributed by atoms with Gasteiger partial charge in [0.2, 0.25) is 0 Å². The first-order valence-corrected chi connectivity index (χ1v) is 16.1. The van der Waals surface area contributed by atoms with Gasteiger partial charge in [-0.3, -0.25) is 0 Å². The number of benzene rings is 6. The van der Waals surface area contributed by atoms with E-state index in [1.54, 1.807) is 0 Å². The third kappa shape index (κ3) is 4.57. The third-order valence-electron chi connectivity index (χ3n) is 9.16. The number of hydrogen-bond acceptors (Lipinski definition) is 3. The van der Waals surface area contributed by atoms with Crippen molar-refractivity contribution < 1.29 is 0 Å². The van der Waals surface area contributed by atoms with Crippen LogP contribution in [0.5, 0.6) is 0 Å². The van der Waals surface area contributed by atoms with E-state index in [0.717, 1.165) is 95.2 Å². The smallest absolute Gasteiger partial charge is 0.141 e. The average Bonchev–Trinajstić information content (AvgIpc) is 3.53. The largest absolute Gasteiger partial charge is 0.324 e. The molecule has 222 valence electrons. The predicted octanol–water partition coefficient (Wildman–Crippen LogP) is 11.0. The van der Waals surface area contributed by atoms with Crippen molar-refractivity contribution in [3.8, 4) is 45.0 Å². The normalized spacial score (nSPS) is 11.6. The van der Waals surface area contributed by atoms with Gasteiger partial charge in [0.1, 0.15) is 5.82 Å². The summed E-state index contributed by atoms with van der Waals surface area (Å²) in [7, 11) is 0. The van der Waals surface area contributed by atoms with Crippen LogP contribution in [0.4, 0.5) is 0 Å². The summed E-state index contributed by atoms with van der Waals surface area (Å²) in [5, 5.41) is 4.42. The molecule has 0 aliphatic rings. The second-order valence-corrected chi connectivity index (χ2v) is 11.9. The zero-order valence-electron chi connectivity index (χ0n) is 25.9. The van der Waals surface area contributed by atoms with Gasteiger partial charge in [-0.2, -0.15) is 0 Å². The number of para-hydroxylation sites is 2. The summed E-state index contributed by atoms with van der Waals surface area (Å²) in [6.07, 6.45) is 0. The summed E-state index contributed by atoms with van der Waals surface area (Å²) < 4.78 is 2.29. The topological polar surface area (TPSA) is 43.6 Å². The Hall–Kier alpha value is -6.13. The molecule has 9 aromatic rings. The van der Waals surface area contributed by atoms with Crippen LogP contribution < -0.4 is 0 Å². The molecule has 0 bridgehead atoms. The van der Waals surface area contributed by atoms with Crippen LogP contribution in [0.15, 0.2) is 152 Å². The van der Waals surface area contributed by atoms with Crippen molar-refractivity contribution in [2.75, 3.05) is 0 Å². The summed E-state index contributed by atoms with van der Waals surface area (Å²) in [4.78, 5) is 15.6. The number of nitrogens with zero attached hydrogens (tertiary/aromatic N) is 4. The Balaban J connectivity index is 1.27. The molecular weight excluding hydrogens is 573 g/mol. The van der Waals surface area contributed by atoms with Gasteiger partial charge in [-0.05, 0) is 59.8 Å². The van der Waals surface area contributed by atoms with Crippen LogP contribution in [0, 0.1) is 0 Å². The molecule has 0 N–H and O–H groups in total. The van der Waals surface area contributed by atoms with E-state index in [2.05, 4.69) is 145 Å². The highest BCUT2D eigenvalue weighted by Crippen LogP contribution is 2.39. The lowest BCUT2D eigenvalue weighted by Gasteiger charge is -2.14. The fourth-order valence-corrected chi connectivity index (χ4v) is 6.89. The van der Waals surface area contributed by atoms with Crippen LogP contribution in [0.3, 0.4) is 0 Å². The molecule has 3 heterocycles. The van der Waals surface area contributed by atoms with Gasteiger partial charge in [0, 0.05) is 39.4 Å². The van der Waals surface area contributed by atoms with E-state index in [9.17, 15) is 0 Å². The summed E-state index contributed by atoms with van der Waals surface area (Å²) in [6.45, 7) is 3.03. The van der Waals surface area contributed by atoms with Crippen molar-refractivity contribution in [1.82, 2.24) is 19.5 Å². The first-order chi connectivity index (χ1) is 23.2. The number of aromatic nitrogens is 4. The fraction of sp³-hybridized carbons (Fsp3) is 0.0465. The third-order valence-corrected chi connectivity index (χ3v) is 9.16. The molecule has 3 aromatic heterocycles. The van der Waals surface area contributed by atoms with Gasteiger partial charge >= 0.3 is 0 Å². The van der Waals surface area contributed by atoms with E-state index in [-0.39, 0.29) is 0 Å². The van der Waals surface area contributed by atoms with Gasteiger partial charge in [0.15, 0.2) is 0 Å². The number of rotatable bonds is 5. The van der Waals surface area contributed by atoms with Gasteiger partial charge in [-0.25, -0.2) is 15.0 Å². The molecule has 0 saturated heterocycles. The maximum absolute atomic E-state index is 5.32. The van der Waals surface area contributed by atoms with Crippen molar-refractivity contribution >= 4 is 43.6 Å². The first kappa shape index (κ1) is 27.2. The van der Waals surface area contributed by atoms with Crippen molar-refractivity contribution in [1.29, 1.82) is 0 Å². The Morgan fingerprint density at radius 1 is 0.489 bits per heavy atom. The molecule has 0 radical (unpaired) electrons. The lowest BCUT2D eigenvalue weighted by molar-refractivity contribution is 0.796. The second-order valence-electron chi connectivity index (χ2n) is 11.9. The lowest BCUT2D eigenvalue weighted by Crippen LogP contribution is -1.97. The molecule has 47 heavy (non-hydrogen) atoms. The van der Waals surface area contributed by atoms with Crippen LogP contribution in [-0.2, 0) is 6.54 Å². The van der Waals surface area contributed by atoms with Gasteiger partial charge in [-0.15, -0.1) is 0 Å². The molecule has 0 aliphatic carbocycles. The molecule has 0 aliphatic heterocycles. The quantitative estimate of drug-likeness (QED) is 0.184. The number of aryl methyl sites for hydroxylation is 1. The predicted molar refractivity (Wildman–Crippen MR) is 195 cm³/mol. The lowest BCUT2D eigenvalue weighted by atomic mass is 9.94. The molecule has 0 spiro atoms.